The number of imide groups is 2. The summed E-state index contributed by atoms with van der Waals surface area (Å²) < 4.78 is 0. The van der Waals surface area contributed by atoms with Gasteiger partial charge in [0.15, 0.2) is 0 Å². The maximum atomic E-state index is 13.0. The van der Waals surface area contributed by atoms with Gasteiger partial charge in [-0.3, -0.25) is 34.2 Å². The zero-order chi connectivity index (χ0) is 30.0. The molecular weight excluding hydrogens is 579 g/mol. The van der Waals surface area contributed by atoms with Crippen LogP contribution in [0.1, 0.15) is 50.2 Å². The molecule has 1 fully saturated rings. The molecule has 0 aromatic heterocycles. The third kappa shape index (κ3) is 6.54. The van der Waals surface area contributed by atoms with Crippen LogP contribution < -0.4 is 10.6 Å². The number of nitrogens with one attached hydrogen (secondary N) is 2. The molecule has 3 aromatic carbocycles. The molecule has 5 rings (SSSR count). The Morgan fingerprint density at radius 2 is 1.67 bits per heavy atom. The van der Waals surface area contributed by atoms with E-state index in [2.05, 4.69) is 15.5 Å². The van der Waals surface area contributed by atoms with Gasteiger partial charge in [-0.15, -0.1) is 0 Å². The summed E-state index contributed by atoms with van der Waals surface area (Å²) in [6.45, 7) is 1.54. The number of carbonyl (C=O) groups excluding carboxylic acids is 5. The minimum Gasteiger partial charge on any atom is -0.326 e. The summed E-state index contributed by atoms with van der Waals surface area (Å²) in [5, 5.41) is 6.22. The number of halogens is 2. The van der Waals surface area contributed by atoms with Crippen molar-refractivity contribution in [3.63, 3.8) is 0 Å². The molecule has 0 spiro atoms. The summed E-state index contributed by atoms with van der Waals surface area (Å²) in [7, 11) is 2.03. The van der Waals surface area contributed by atoms with Crippen molar-refractivity contribution >= 4 is 58.4 Å². The van der Waals surface area contributed by atoms with Gasteiger partial charge in [0, 0.05) is 35.2 Å². The number of hydrogen-bond donors (Lipinski definition) is 2. The van der Waals surface area contributed by atoms with E-state index >= 15 is 0 Å². The molecule has 2 heterocycles. The molecular formula is C31H28Cl2N4O5. The van der Waals surface area contributed by atoms with E-state index in [9.17, 15) is 24.0 Å². The highest BCUT2D eigenvalue weighted by atomic mass is 35.5. The third-order valence-electron chi connectivity index (χ3n) is 7.34. The SMILES string of the molecule is CN(CCc1ccc(Cl)cc1Cl)Cc1ccc(CC(=O)Nc2ccc3c(c2)C(=O)N(C2CCC(=O)NC2=O)C3=O)cc1. The zero-order valence-electron chi connectivity index (χ0n) is 22.8. The number of piperidine rings is 1. The first-order valence-electron chi connectivity index (χ1n) is 13.4. The average Bonchev–Trinajstić information content (AvgIpc) is 3.18. The van der Waals surface area contributed by atoms with E-state index in [4.69, 9.17) is 23.2 Å². The Balaban J connectivity index is 1.14. The van der Waals surface area contributed by atoms with Crippen molar-refractivity contribution in [3.05, 3.63) is 98.5 Å². The monoisotopic (exact) mass is 606 g/mol. The van der Waals surface area contributed by atoms with Crippen LogP contribution in [0.25, 0.3) is 0 Å². The largest absolute Gasteiger partial charge is 0.326 e. The number of likely N-dealkylation sites (N-methyl/N-ethyl adjacent to an activating group) is 1. The second-order valence-corrected chi connectivity index (χ2v) is 11.3. The summed E-state index contributed by atoms with van der Waals surface area (Å²) in [5.41, 5.74) is 3.59. The lowest BCUT2D eigenvalue weighted by molar-refractivity contribution is -0.136. The van der Waals surface area contributed by atoms with Crippen LogP contribution in [-0.4, -0.2) is 59.0 Å². The number of benzene rings is 3. The molecule has 1 saturated heterocycles. The van der Waals surface area contributed by atoms with Gasteiger partial charge in [-0.1, -0.05) is 53.5 Å². The molecule has 0 saturated carbocycles. The fourth-order valence-electron chi connectivity index (χ4n) is 5.13. The molecule has 0 aliphatic carbocycles. The number of amides is 5. The standard InChI is InChI=1S/C31H28Cl2N4O5/c1-36(13-12-20-6-7-21(32)15-25(20)33)17-19-4-2-18(3-5-19)14-28(39)34-22-8-9-23-24(16-22)31(42)37(30(23)41)26-10-11-27(38)35-29(26)40/h2-9,15-16,26H,10-14,17H2,1H3,(H,34,39)(H,35,38,40). The summed E-state index contributed by atoms with van der Waals surface area (Å²) in [4.78, 5) is 65.5. The lowest BCUT2D eigenvalue weighted by atomic mass is 10.0. The number of carbonyl (C=O) groups is 5. The summed E-state index contributed by atoms with van der Waals surface area (Å²) in [5.74, 6) is -2.61. The van der Waals surface area contributed by atoms with Gasteiger partial charge in [0.05, 0.1) is 17.5 Å². The molecule has 2 aliphatic rings. The molecule has 216 valence electrons. The second-order valence-electron chi connectivity index (χ2n) is 10.5. The van der Waals surface area contributed by atoms with Crippen LogP contribution in [0.15, 0.2) is 60.7 Å². The van der Waals surface area contributed by atoms with Crippen LogP contribution in [0.2, 0.25) is 10.0 Å². The van der Waals surface area contributed by atoms with Crippen molar-refractivity contribution in [3.8, 4) is 0 Å². The molecule has 9 nitrogen and oxygen atoms in total. The number of anilines is 1. The Morgan fingerprint density at radius 3 is 2.38 bits per heavy atom. The van der Waals surface area contributed by atoms with Gasteiger partial charge in [0.25, 0.3) is 11.8 Å². The van der Waals surface area contributed by atoms with Crippen LogP contribution in [0, 0.1) is 0 Å². The van der Waals surface area contributed by atoms with E-state index in [0.29, 0.717) is 15.7 Å². The first-order valence-corrected chi connectivity index (χ1v) is 14.2. The Bertz CT molecular complexity index is 1590. The van der Waals surface area contributed by atoms with Crippen LogP contribution in [0.4, 0.5) is 5.69 Å². The first kappa shape index (κ1) is 29.4. The van der Waals surface area contributed by atoms with E-state index in [1.165, 1.54) is 12.1 Å². The highest BCUT2D eigenvalue weighted by Crippen LogP contribution is 2.29. The maximum absolute atomic E-state index is 13.0. The lowest BCUT2D eigenvalue weighted by Gasteiger charge is -2.27. The lowest BCUT2D eigenvalue weighted by Crippen LogP contribution is -2.54. The topological polar surface area (TPSA) is 116 Å². The van der Waals surface area contributed by atoms with E-state index in [0.717, 1.165) is 41.1 Å². The molecule has 0 bridgehead atoms. The van der Waals surface area contributed by atoms with Crippen molar-refractivity contribution in [1.82, 2.24) is 15.1 Å². The predicted molar refractivity (Wildman–Crippen MR) is 158 cm³/mol. The smallest absolute Gasteiger partial charge is 0.262 e. The van der Waals surface area contributed by atoms with E-state index in [-0.39, 0.29) is 36.3 Å². The molecule has 1 atom stereocenters. The Morgan fingerprint density at radius 1 is 0.952 bits per heavy atom. The molecule has 2 aliphatic heterocycles. The van der Waals surface area contributed by atoms with Crippen molar-refractivity contribution in [2.75, 3.05) is 18.9 Å². The van der Waals surface area contributed by atoms with Gasteiger partial charge in [-0.25, -0.2) is 0 Å². The Hall–Kier alpha value is -4.05. The molecule has 2 N–H and O–H groups in total. The minimum absolute atomic E-state index is 0.0441. The van der Waals surface area contributed by atoms with Gasteiger partial charge in [-0.05, 0) is 66.9 Å². The second kappa shape index (κ2) is 12.4. The van der Waals surface area contributed by atoms with Crippen molar-refractivity contribution in [1.29, 1.82) is 0 Å². The van der Waals surface area contributed by atoms with Gasteiger partial charge >= 0.3 is 0 Å². The third-order valence-corrected chi connectivity index (χ3v) is 7.93. The molecule has 3 aromatic rings. The average molecular weight is 607 g/mol. The highest BCUT2D eigenvalue weighted by Gasteiger charge is 2.44. The Labute approximate surface area is 252 Å². The Kier molecular flexibility index (Phi) is 8.72. The highest BCUT2D eigenvalue weighted by molar-refractivity contribution is 6.35. The van der Waals surface area contributed by atoms with Crippen molar-refractivity contribution < 1.29 is 24.0 Å². The van der Waals surface area contributed by atoms with Gasteiger partial charge in [-0.2, -0.15) is 0 Å². The normalized spacial score (nSPS) is 16.6. The maximum Gasteiger partial charge on any atom is 0.262 e. The number of hydrogen-bond acceptors (Lipinski definition) is 6. The number of fused-ring (bicyclic) bond motifs is 1. The van der Waals surface area contributed by atoms with Gasteiger partial charge < -0.3 is 10.2 Å². The zero-order valence-corrected chi connectivity index (χ0v) is 24.3. The fraction of sp³-hybridized carbons (Fsp3) is 0.258. The first-order chi connectivity index (χ1) is 20.1. The summed E-state index contributed by atoms with van der Waals surface area (Å²) in [6, 6.07) is 16.7. The van der Waals surface area contributed by atoms with Crippen molar-refractivity contribution in [2.24, 2.45) is 0 Å². The van der Waals surface area contributed by atoms with Crippen LogP contribution >= 0.6 is 23.2 Å². The molecule has 42 heavy (non-hydrogen) atoms. The molecule has 0 radical (unpaired) electrons. The number of rotatable bonds is 9. The predicted octanol–water partition coefficient (Wildman–Crippen LogP) is 4.25. The molecule has 5 amide bonds. The van der Waals surface area contributed by atoms with E-state index in [1.54, 1.807) is 12.1 Å². The van der Waals surface area contributed by atoms with Gasteiger partial charge in [0.1, 0.15) is 6.04 Å². The fourth-order valence-corrected chi connectivity index (χ4v) is 5.63. The molecule has 1 unspecified atom stereocenters. The van der Waals surface area contributed by atoms with E-state index < -0.39 is 29.7 Å². The van der Waals surface area contributed by atoms with E-state index in [1.807, 2.05) is 43.4 Å². The van der Waals surface area contributed by atoms with Gasteiger partial charge in [0.2, 0.25) is 17.7 Å². The summed E-state index contributed by atoms with van der Waals surface area (Å²) in [6.07, 6.45) is 1.04. The quantitative estimate of drug-likeness (QED) is 0.352. The van der Waals surface area contributed by atoms with Crippen LogP contribution in [0.3, 0.4) is 0 Å². The molecule has 11 heteroatoms. The minimum atomic E-state index is -1.04. The summed E-state index contributed by atoms with van der Waals surface area (Å²) >= 11 is 12.3. The van der Waals surface area contributed by atoms with Crippen molar-refractivity contribution in [2.45, 2.75) is 38.3 Å². The number of nitrogens with zero attached hydrogens (tertiary/aromatic N) is 2. The van der Waals surface area contributed by atoms with Crippen LogP contribution in [-0.2, 0) is 33.8 Å². The van der Waals surface area contributed by atoms with Crippen LogP contribution in [0.5, 0.6) is 0 Å².